The molecule has 0 aromatic rings. The second kappa shape index (κ2) is 5.41. The van der Waals surface area contributed by atoms with Crippen molar-refractivity contribution in [3.8, 4) is 0 Å². The molecule has 0 bridgehead atoms. The Morgan fingerprint density at radius 1 is 1.20 bits per heavy atom. The zero-order valence-electron chi connectivity index (χ0n) is 16.4. The number of rotatable bonds is 1. The molecule has 25 heavy (non-hydrogen) atoms. The lowest BCUT2D eigenvalue weighted by Crippen LogP contribution is -2.50. The van der Waals surface area contributed by atoms with Gasteiger partial charge in [0.2, 0.25) is 0 Å². The zero-order valence-corrected chi connectivity index (χ0v) is 16.4. The highest BCUT2D eigenvalue weighted by Crippen LogP contribution is 2.67. The SMILES string of the molecule is CC(=O)[C@H]1[C@H](C)C[C@H]2[C@@H]3C=C(C)C4=CC(=O)CC[C@]4(C)[C@H]3CC[C@@]21C. The summed E-state index contributed by atoms with van der Waals surface area (Å²) in [7, 11) is 0. The highest BCUT2D eigenvalue weighted by molar-refractivity contribution is 5.92. The summed E-state index contributed by atoms with van der Waals surface area (Å²) in [6.07, 6.45) is 9.66. The molecule has 4 aliphatic carbocycles. The van der Waals surface area contributed by atoms with E-state index in [0.717, 1.165) is 12.8 Å². The van der Waals surface area contributed by atoms with Crippen molar-refractivity contribution in [3.63, 3.8) is 0 Å². The highest BCUT2D eigenvalue weighted by atomic mass is 16.1. The van der Waals surface area contributed by atoms with Gasteiger partial charge in [-0.3, -0.25) is 9.59 Å². The van der Waals surface area contributed by atoms with Crippen molar-refractivity contribution >= 4 is 11.6 Å². The summed E-state index contributed by atoms with van der Waals surface area (Å²) >= 11 is 0. The van der Waals surface area contributed by atoms with Crippen LogP contribution in [0.1, 0.15) is 66.7 Å². The maximum absolute atomic E-state index is 12.4. The normalized spacial score (nSPS) is 48.8. The third-order valence-electron chi connectivity index (χ3n) is 8.61. The third-order valence-corrected chi connectivity index (χ3v) is 8.61. The minimum absolute atomic E-state index is 0.149. The van der Waals surface area contributed by atoms with E-state index in [1.165, 1.54) is 24.0 Å². The largest absolute Gasteiger partial charge is 0.300 e. The van der Waals surface area contributed by atoms with Crippen LogP contribution in [0.15, 0.2) is 23.3 Å². The molecular weight excluding hydrogens is 308 g/mol. The summed E-state index contributed by atoms with van der Waals surface area (Å²) in [6.45, 7) is 11.1. The first-order valence-electron chi connectivity index (χ1n) is 10.1. The van der Waals surface area contributed by atoms with Crippen LogP contribution in [-0.2, 0) is 9.59 Å². The van der Waals surface area contributed by atoms with Gasteiger partial charge in [0.25, 0.3) is 0 Å². The first kappa shape index (κ1) is 17.2. The molecule has 4 rings (SSSR count). The fourth-order valence-electron chi connectivity index (χ4n) is 7.65. The summed E-state index contributed by atoms with van der Waals surface area (Å²) in [5.41, 5.74) is 2.93. The Labute approximate surface area is 152 Å². The Morgan fingerprint density at radius 2 is 1.92 bits per heavy atom. The van der Waals surface area contributed by atoms with E-state index in [0.29, 0.717) is 41.7 Å². The molecule has 0 unspecified atom stereocenters. The fourth-order valence-corrected chi connectivity index (χ4v) is 7.65. The Balaban J connectivity index is 1.79. The molecule has 0 N–H and O–H groups in total. The number of carbonyl (C=O) groups excluding carboxylic acids is 2. The van der Waals surface area contributed by atoms with E-state index in [-0.39, 0.29) is 16.7 Å². The Morgan fingerprint density at radius 3 is 2.60 bits per heavy atom. The predicted octanol–water partition coefficient (Wildman–Crippen LogP) is 5.14. The van der Waals surface area contributed by atoms with E-state index in [2.05, 4.69) is 33.8 Å². The van der Waals surface area contributed by atoms with Crippen LogP contribution in [0.25, 0.3) is 0 Å². The lowest BCUT2D eigenvalue weighted by molar-refractivity contribution is -0.128. The van der Waals surface area contributed by atoms with Crippen molar-refractivity contribution in [1.29, 1.82) is 0 Å². The number of Topliss-reactive ketones (excluding diaryl/α,β-unsaturated/α-hetero) is 1. The molecule has 2 heteroatoms. The molecule has 4 aliphatic rings. The van der Waals surface area contributed by atoms with Gasteiger partial charge in [0.1, 0.15) is 5.78 Å². The number of hydrogen-bond donors (Lipinski definition) is 0. The quantitative estimate of drug-likeness (QED) is 0.662. The molecule has 0 radical (unpaired) electrons. The van der Waals surface area contributed by atoms with Crippen LogP contribution >= 0.6 is 0 Å². The molecular formula is C23H32O2. The van der Waals surface area contributed by atoms with Gasteiger partial charge in [-0.15, -0.1) is 0 Å². The molecule has 0 heterocycles. The first-order valence-corrected chi connectivity index (χ1v) is 10.1. The molecule has 7 atom stereocenters. The van der Waals surface area contributed by atoms with Gasteiger partial charge in [0, 0.05) is 12.3 Å². The maximum Gasteiger partial charge on any atom is 0.156 e. The van der Waals surface area contributed by atoms with Crippen LogP contribution in [0.5, 0.6) is 0 Å². The number of ketones is 2. The topological polar surface area (TPSA) is 34.1 Å². The zero-order chi connectivity index (χ0) is 18.1. The molecule has 0 aliphatic heterocycles. The fraction of sp³-hybridized carbons (Fsp3) is 0.739. The number of fused-ring (bicyclic) bond motifs is 5. The third kappa shape index (κ3) is 2.22. The number of allylic oxidation sites excluding steroid dienone is 4. The Kier molecular flexibility index (Phi) is 3.73. The minimum Gasteiger partial charge on any atom is -0.300 e. The van der Waals surface area contributed by atoms with Crippen molar-refractivity contribution in [2.75, 3.05) is 0 Å². The van der Waals surface area contributed by atoms with Crippen LogP contribution < -0.4 is 0 Å². The molecule has 0 aromatic heterocycles. The molecule has 0 aromatic carbocycles. The second-order valence-electron chi connectivity index (χ2n) is 9.93. The lowest BCUT2D eigenvalue weighted by atomic mass is 9.47. The van der Waals surface area contributed by atoms with Gasteiger partial charge in [-0.2, -0.15) is 0 Å². The van der Waals surface area contributed by atoms with Crippen LogP contribution in [0, 0.1) is 40.4 Å². The van der Waals surface area contributed by atoms with Crippen molar-refractivity contribution < 1.29 is 9.59 Å². The minimum atomic E-state index is 0.149. The van der Waals surface area contributed by atoms with E-state index < -0.39 is 0 Å². The predicted molar refractivity (Wildman–Crippen MR) is 100.0 cm³/mol. The molecule has 2 nitrogen and oxygen atoms in total. The van der Waals surface area contributed by atoms with Gasteiger partial charge >= 0.3 is 0 Å². The van der Waals surface area contributed by atoms with Crippen molar-refractivity contribution in [2.24, 2.45) is 40.4 Å². The lowest BCUT2D eigenvalue weighted by Gasteiger charge is -2.56. The van der Waals surface area contributed by atoms with E-state index in [1.54, 1.807) is 6.92 Å². The van der Waals surface area contributed by atoms with Gasteiger partial charge in [0.15, 0.2) is 5.78 Å². The van der Waals surface area contributed by atoms with Crippen molar-refractivity contribution in [1.82, 2.24) is 0 Å². The van der Waals surface area contributed by atoms with Gasteiger partial charge in [0.05, 0.1) is 0 Å². The average Bonchev–Trinajstić information content (AvgIpc) is 2.80. The van der Waals surface area contributed by atoms with Gasteiger partial charge < -0.3 is 0 Å². The Hall–Kier alpha value is -1.18. The van der Waals surface area contributed by atoms with E-state index >= 15 is 0 Å². The molecule has 2 fully saturated rings. The molecule has 0 spiro atoms. The van der Waals surface area contributed by atoms with Crippen LogP contribution in [0.3, 0.4) is 0 Å². The number of carbonyl (C=O) groups is 2. The van der Waals surface area contributed by atoms with Gasteiger partial charge in [-0.1, -0.05) is 32.4 Å². The van der Waals surface area contributed by atoms with Crippen LogP contribution in [0.4, 0.5) is 0 Å². The molecule has 2 saturated carbocycles. The average molecular weight is 341 g/mol. The molecule has 136 valence electrons. The molecule has 0 amide bonds. The molecule has 0 saturated heterocycles. The highest BCUT2D eigenvalue weighted by Gasteiger charge is 2.61. The summed E-state index contributed by atoms with van der Waals surface area (Å²) in [5, 5.41) is 0. The van der Waals surface area contributed by atoms with E-state index in [9.17, 15) is 9.59 Å². The standard InChI is InChI=1S/C23H32O2/c1-13-10-17-18(22(4)8-6-16(25)12-19(13)22)7-9-23(5)20(17)11-14(2)21(23)15(3)24/h10,12,14,17-18,20-21H,6-9,11H2,1-5H3/t14-,17-,18+,20+,21-,22-,23+/m1/s1. The maximum atomic E-state index is 12.4. The van der Waals surface area contributed by atoms with Crippen molar-refractivity contribution in [3.05, 3.63) is 23.3 Å². The van der Waals surface area contributed by atoms with Crippen LogP contribution in [-0.4, -0.2) is 11.6 Å². The summed E-state index contributed by atoms with van der Waals surface area (Å²) in [6, 6.07) is 0. The van der Waals surface area contributed by atoms with E-state index in [4.69, 9.17) is 0 Å². The van der Waals surface area contributed by atoms with E-state index in [1.807, 2.05) is 6.08 Å². The number of hydrogen-bond acceptors (Lipinski definition) is 2. The monoisotopic (exact) mass is 340 g/mol. The Bertz CT molecular complexity index is 699. The summed E-state index contributed by atoms with van der Waals surface area (Å²) in [4.78, 5) is 24.4. The van der Waals surface area contributed by atoms with Crippen molar-refractivity contribution in [2.45, 2.75) is 66.7 Å². The summed E-state index contributed by atoms with van der Waals surface area (Å²) < 4.78 is 0. The smallest absolute Gasteiger partial charge is 0.156 e. The van der Waals surface area contributed by atoms with Crippen LogP contribution in [0.2, 0.25) is 0 Å². The first-order chi connectivity index (χ1) is 11.7. The second-order valence-corrected chi connectivity index (χ2v) is 9.93. The summed E-state index contributed by atoms with van der Waals surface area (Å²) in [5.74, 6) is 3.23. The van der Waals surface area contributed by atoms with Gasteiger partial charge in [-0.25, -0.2) is 0 Å². The van der Waals surface area contributed by atoms with Gasteiger partial charge in [-0.05, 0) is 85.7 Å².